The maximum atomic E-state index is 8.74. The molecule has 1 saturated carbocycles. The van der Waals surface area contributed by atoms with Gasteiger partial charge in [0.2, 0.25) is 0 Å². The lowest BCUT2D eigenvalue weighted by Gasteiger charge is -2.15. The van der Waals surface area contributed by atoms with E-state index in [0.717, 1.165) is 17.9 Å². The van der Waals surface area contributed by atoms with Gasteiger partial charge in [0.1, 0.15) is 5.75 Å². The maximum Gasteiger partial charge on any atom is 0.170 e. The Kier molecular flexibility index (Phi) is 4.77. The number of thioether (sulfide) groups is 1. The van der Waals surface area contributed by atoms with Crippen LogP contribution in [0.15, 0.2) is 23.4 Å². The van der Waals surface area contributed by atoms with Gasteiger partial charge in [-0.05, 0) is 37.3 Å². The molecule has 0 spiro atoms. The second-order valence-corrected chi connectivity index (χ2v) is 6.28. The first kappa shape index (κ1) is 15.0. The molecular weight excluding hydrogens is 274 g/mol. The van der Waals surface area contributed by atoms with E-state index in [2.05, 4.69) is 16.7 Å². The summed E-state index contributed by atoms with van der Waals surface area (Å²) in [4.78, 5) is 0. The van der Waals surface area contributed by atoms with Gasteiger partial charge in [0.05, 0.1) is 7.11 Å². The third kappa shape index (κ3) is 3.37. The first-order valence-corrected chi connectivity index (χ1v) is 7.77. The number of benzene rings is 1. The van der Waals surface area contributed by atoms with E-state index in [9.17, 15) is 0 Å². The molecule has 0 aliphatic heterocycles. The fourth-order valence-corrected chi connectivity index (χ4v) is 2.91. The van der Waals surface area contributed by atoms with E-state index in [1.807, 2.05) is 23.9 Å². The number of nitrogens with zero attached hydrogens (tertiary/aromatic N) is 1. The number of nitrogens with two attached hydrogens (primary N) is 1. The Morgan fingerprint density at radius 2 is 2.30 bits per heavy atom. The van der Waals surface area contributed by atoms with Gasteiger partial charge in [0.25, 0.3) is 0 Å². The van der Waals surface area contributed by atoms with Crippen molar-refractivity contribution in [3.8, 4) is 5.75 Å². The summed E-state index contributed by atoms with van der Waals surface area (Å²) in [7, 11) is 1.65. The van der Waals surface area contributed by atoms with Gasteiger partial charge in [-0.3, -0.25) is 0 Å². The largest absolute Gasteiger partial charge is 0.496 e. The first-order valence-electron chi connectivity index (χ1n) is 6.55. The molecule has 1 fully saturated rings. The molecule has 1 aliphatic rings. The quantitative estimate of drug-likeness (QED) is 0.309. The van der Waals surface area contributed by atoms with E-state index >= 15 is 0 Å². The minimum Gasteiger partial charge on any atom is -0.496 e. The van der Waals surface area contributed by atoms with E-state index in [1.165, 1.54) is 12.8 Å². The molecule has 0 radical (unpaired) electrons. The second kappa shape index (κ2) is 6.37. The normalized spacial score (nSPS) is 17.0. The standard InChI is InChI=1S/C14H21N3O2S/c1-19-12-4-3-10(13(15)17-18)7-11(12)8-16-9-14(20-2)5-6-14/h3-4,7,16,18H,5-6,8-9H2,1-2H3,(H2,15,17). The molecule has 0 unspecified atom stereocenters. The van der Waals surface area contributed by atoms with Gasteiger partial charge in [-0.2, -0.15) is 11.8 Å². The third-order valence-corrected chi connectivity index (χ3v) is 5.11. The van der Waals surface area contributed by atoms with Gasteiger partial charge < -0.3 is 21.0 Å². The van der Waals surface area contributed by atoms with Gasteiger partial charge in [0.15, 0.2) is 5.84 Å². The molecule has 110 valence electrons. The molecule has 0 saturated heterocycles. The highest BCUT2D eigenvalue weighted by Crippen LogP contribution is 2.46. The van der Waals surface area contributed by atoms with Crippen LogP contribution in [0, 0.1) is 0 Å². The van der Waals surface area contributed by atoms with E-state index < -0.39 is 0 Å². The molecule has 1 aromatic carbocycles. The van der Waals surface area contributed by atoms with Gasteiger partial charge in [0, 0.05) is 29.0 Å². The highest BCUT2D eigenvalue weighted by molar-refractivity contribution is 8.00. The molecule has 2 rings (SSSR count). The number of hydrogen-bond donors (Lipinski definition) is 3. The molecule has 0 amide bonds. The first-order chi connectivity index (χ1) is 9.64. The fourth-order valence-electron chi connectivity index (χ4n) is 2.15. The zero-order chi connectivity index (χ0) is 14.6. The van der Waals surface area contributed by atoms with E-state index in [4.69, 9.17) is 15.7 Å². The van der Waals surface area contributed by atoms with Crippen molar-refractivity contribution in [2.45, 2.75) is 24.1 Å². The van der Waals surface area contributed by atoms with Crippen molar-refractivity contribution in [2.24, 2.45) is 10.9 Å². The Bertz CT molecular complexity index is 501. The van der Waals surface area contributed by atoms with Crippen LogP contribution in [0.3, 0.4) is 0 Å². The van der Waals surface area contributed by atoms with Crippen molar-refractivity contribution in [3.05, 3.63) is 29.3 Å². The van der Waals surface area contributed by atoms with Gasteiger partial charge in [-0.15, -0.1) is 0 Å². The lowest BCUT2D eigenvalue weighted by molar-refractivity contribution is 0.318. The molecule has 1 aromatic rings. The number of methoxy groups -OCH3 is 1. The summed E-state index contributed by atoms with van der Waals surface area (Å²) in [5, 5.41) is 15.2. The number of nitrogens with one attached hydrogen (secondary N) is 1. The summed E-state index contributed by atoms with van der Waals surface area (Å²) in [5.74, 6) is 0.915. The minimum absolute atomic E-state index is 0.108. The van der Waals surface area contributed by atoms with Crippen molar-refractivity contribution in [1.82, 2.24) is 5.32 Å². The number of oxime groups is 1. The maximum absolute atomic E-state index is 8.74. The molecule has 0 aromatic heterocycles. The van der Waals surface area contributed by atoms with E-state index in [-0.39, 0.29) is 5.84 Å². The summed E-state index contributed by atoms with van der Waals surface area (Å²) in [6.07, 6.45) is 4.72. The predicted octanol–water partition coefficient (Wildman–Crippen LogP) is 1.77. The van der Waals surface area contributed by atoms with Crippen LogP contribution in [0.25, 0.3) is 0 Å². The topological polar surface area (TPSA) is 79.9 Å². The lowest BCUT2D eigenvalue weighted by Crippen LogP contribution is -2.25. The van der Waals surface area contributed by atoms with Gasteiger partial charge in [-0.25, -0.2) is 0 Å². The third-order valence-electron chi connectivity index (χ3n) is 3.69. The van der Waals surface area contributed by atoms with Crippen molar-refractivity contribution in [3.63, 3.8) is 0 Å². The van der Waals surface area contributed by atoms with E-state index in [1.54, 1.807) is 13.2 Å². The van der Waals surface area contributed by atoms with Crippen LogP contribution in [0.1, 0.15) is 24.0 Å². The van der Waals surface area contributed by atoms with Crippen molar-refractivity contribution in [2.75, 3.05) is 19.9 Å². The molecule has 6 heteroatoms. The number of rotatable bonds is 7. The highest BCUT2D eigenvalue weighted by atomic mass is 32.2. The molecule has 20 heavy (non-hydrogen) atoms. The molecule has 4 N–H and O–H groups in total. The highest BCUT2D eigenvalue weighted by Gasteiger charge is 2.41. The zero-order valence-corrected chi connectivity index (χ0v) is 12.7. The Hall–Kier alpha value is -1.40. The Labute approximate surface area is 123 Å². The minimum atomic E-state index is 0.108. The van der Waals surface area contributed by atoms with Gasteiger partial charge in [-0.1, -0.05) is 5.16 Å². The Balaban J connectivity index is 2.04. The summed E-state index contributed by atoms with van der Waals surface area (Å²) >= 11 is 1.93. The molecule has 1 aliphatic carbocycles. The van der Waals surface area contributed by atoms with Crippen LogP contribution in [-0.2, 0) is 6.54 Å². The summed E-state index contributed by atoms with van der Waals surface area (Å²) in [5.41, 5.74) is 7.32. The molecule has 0 atom stereocenters. The van der Waals surface area contributed by atoms with Crippen molar-refractivity contribution >= 4 is 17.6 Å². The van der Waals surface area contributed by atoms with Gasteiger partial charge >= 0.3 is 0 Å². The average molecular weight is 295 g/mol. The Morgan fingerprint density at radius 3 is 2.85 bits per heavy atom. The predicted molar refractivity (Wildman–Crippen MR) is 82.7 cm³/mol. The fraction of sp³-hybridized carbons (Fsp3) is 0.500. The van der Waals surface area contributed by atoms with Crippen molar-refractivity contribution < 1.29 is 9.94 Å². The lowest BCUT2D eigenvalue weighted by atomic mass is 10.1. The SMILES string of the molecule is COc1ccc(/C(N)=N/O)cc1CNCC1(SC)CC1. The smallest absolute Gasteiger partial charge is 0.170 e. The zero-order valence-electron chi connectivity index (χ0n) is 11.8. The number of hydrogen-bond acceptors (Lipinski definition) is 5. The second-order valence-electron chi connectivity index (χ2n) is 5.00. The monoisotopic (exact) mass is 295 g/mol. The summed E-state index contributed by atoms with van der Waals surface area (Å²) < 4.78 is 5.78. The molecule has 5 nitrogen and oxygen atoms in total. The van der Waals surface area contributed by atoms with Crippen LogP contribution in [-0.4, -0.2) is 35.7 Å². The molecule has 0 heterocycles. The summed E-state index contributed by atoms with van der Waals surface area (Å²) in [6.45, 7) is 1.70. The van der Waals surface area contributed by atoms with E-state index in [0.29, 0.717) is 16.9 Å². The Morgan fingerprint density at radius 1 is 1.55 bits per heavy atom. The van der Waals surface area contributed by atoms with Crippen LogP contribution in [0.4, 0.5) is 0 Å². The molecule has 0 bridgehead atoms. The summed E-state index contributed by atoms with van der Waals surface area (Å²) in [6, 6.07) is 5.51. The van der Waals surface area contributed by atoms with Crippen LogP contribution in [0.2, 0.25) is 0 Å². The van der Waals surface area contributed by atoms with Crippen molar-refractivity contribution in [1.29, 1.82) is 0 Å². The van der Waals surface area contributed by atoms with Crippen LogP contribution in [0.5, 0.6) is 5.75 Å². The molecular formula is C14H21N3O2S. The van der Waals surface area contributed by atoms with Crippen LogP contribution >= 0.6 is 11.8 Å². The van der Waals surface area contributed by atoms with Crippen LogP contribution < -0.4 is 15.8 Å². The number of amidine groups is 1. The average Bonchev–Trinajstić information content (AvgIpc) is 3.27. The number of ether oxygens (including phenoxy) is 1.